The molecule has 32 heavy (non-hydrogen) atoms. The summed E-state index contributed by atoms with van der Waals surface area (Å²) in [5.74, 6) is 1.26. The molecule has 0 aromatic carbocycles. The second-order valence-electron chi connectivity index (χ2n) is 9.60. The molecule has 0 saturated heterocycles. The standard InChI is InChI=1S/C28H56ClNO2/c1-4-7-9-11-13-16-20-27(21-17-14-12-10-8-5-2)26-32-28(31)22-18-15-19-24-30(6-3)25-23-29/h27H,4-26H2,1-3H3. The Morgan fingerprint density at radius 2 is 1.25 bits per heavy atom. The molecule has 0 aliphatic rings. The molecule has 0 aliphatic heterocycles. The van der Waals surface area contributed by atoms with Crippen molar-refractivity contribution in [2.45, 2.75) is 136 Å². The van der Waals surface area contributed by atoms with E-state index in [1.807, 2.05) is 0 Å². The lowest BCUT2D eigenvalue weighted by Gasteiger charge is -2.18. The number of ether oxygens (including phenoxy) is 1. The van der Waals surface area contributed by atoms with Gasteiger partial charge in [0.2, 0.25) is 0 Å². The summed E-state index contributed by atoms with van der Waals surface area (Å²) in [6.45, 7) is 10.4. The lowest BCUT2D eigenvalue weighted by atomic mass is 9.94. The first-order valence-corrected chi connectivity index (χ1v) is 14.6. The van der Waals surface area contributed by atoms with Crippen molar-refractivity contribution in [3.05, 3.63) is 0 Å². The Hall–Kier alpha value is -0.280. The van der Waals surface area contributed by atoms with E-state index in [2.05, 4.69) is 25.7 Å². The summed E-state index contributed by atoms with van der Waals surface area (Å²) in [6.07, 6.45) is 22.2. The van der Waals surface area contributed by atoms with Gasteiger partial charge >= 0.3 is 5.97 Å². The number of hydrogen-bond donors (Lipinski definition) is 0. The van der Waals surface area contributed by atoms with Crippen molar-refractivity contribution in [2.75, 3.05) is 32.1 Å². The van der Waals surface area contributed by atoms with E-state index >= 15 is 0 Å². The fourth-order valence-electron chi connectivity index (χ4n) is 4.35. The van der Waals surface area contributed by atoms with Crippen LogP contribution in [0.2, 0.25) is 0 Å². The van der Waals surface area contributed by atoms with Crippen LogP contribution in [0.25, 0.3) is 0 Å². The molecule has 3 nitrogen and oxygen atoms in total. The van der Waals surface area contributed by atoms with E-state index < -0.39 is 0 Å². The van der Waals surface area contributed by atoms with E-state index in [-0.39, 0.29) is 5.97 Å². The molecule has 0 N–H and O–H groups in total. The van der Waals surface area contributed by atoms with Gasteiger partial charge in [0, 0.05) is 18.8 Å². The maximum absolute atomic E-state index is 12.2. The van der Waals surface area contributed by atoms with Crippen LogP contribution in [-0.2, 0) is 9.53 Å². The molecule has 0 fully saturated rings. The number of carbonyl (C=O) groups is 1. The summed E-state index contributed by atoms with van der Waals surface area (Å²) >= 11 is 5.83. The molecule has 0 unspecified atom stereocenters. The third kappa shape index (κ3) is 21.6. The smallest absolute Gasteiger partial charge is 0.305 e. The molecule has 0 amide bonds. The first-order valence-electron chi connectivity index (χ1n) is 14.1. The predicted octanol–water partition coefficient (Wildman–Crippen LogP) is 8.77. The molecule has 0 aliphatic carbocycles. The second-order valence-corrected chi connectivity index (χ2v) is 9.97. The van der Waals surface area contributed by atoms with Gasteiger partial charge in [-0.15, -0.1) is 11.6 Å². The van der Waals surface area contributed by atoms with Gasteiger partial charge in [0.25, 0.3) is 0 Å². The molecule has 192 valence electrons. The third-order valence-corrected chi connectivity index (χ3v) is 6.78. The average Bonchev–Trinajstić information content (AvgIpc) is 2.80. The SMILES string of the molecule is CCCCCCCCC(CCCCCCCC)COC(=O)CCCCCN(CC)CCCl. The lowest BCUT2D eigenvalue weighted by molar-refractivity contribution is -0.145. The number of unbranched alkanes of at least 4 members (excludes halogenated alkanes) is 12. The number of carbonyl (C=O) groups excluding carboxylic acids is 1. The largest absolute Gasteiger partial charge is 0.465 e. The van der Waals surface area contributed by atoms with Crippen molar-refractivity contribution in [2.24, 2.45) is 5.92 Å². The van der Waals surface area contributed by atoms with Crippen LogP contribution in [-0.4, -0.2) is 43.0 Å². The van der Waals surface area contributed by atoms with Crippen LogP contribution in [0.3, 0.4) is 0 Å². The van der Waals surface area contributed by atoms with Crippen LogP contribution >= 0.6 is 11.6 Å². The Morgan fingerprint density at radius 1 is 0.719 bits per heavy atom. The Morgan fingerprint density at radius 3 is 1.78 bits per heavy atom. The summed E-state index contributed by atoms with van der Waals surface area (Å²) < 4.78 is 5.72. The molecule has 0 bridgehead atoms. The van der Waals surface area contributed by atoms with Gasteiger partial charge in [0.15, 0.2) is 0 Å². The maximum Gasteiger partial charge on any atom is 0.305 e. The Kier molecular flexibility index (Phi) is 25.1. The molecule has 0 atom stereocenters. The van der Waals surface area contributed by atoms with Crippen LogP contribution in [0.1, 0.15) is 136 Å². The third-order valence-electron chi connectivity index (χ3n) is 6.62. The van der Waals surface area contributed by atoms with Gasteiger partial charge in [-0.05, 0) is 44.7 Å². The highest BCUT2D eigenvalue weighted by Gasteiger charge is 2.12. The summed E-state index contributed by atoms with van der Waals surface area (Å²) in [4.78, 5) is 14.6. The minimum atomic E-state index is 0.00833. The van der Waals surface area contributed by atoms with Crippen molar-refractivity contribution < 1.29 is 9.53 Å². The fraction of sp³-hybridized carbons (Fsp3) is 0.964. The monoisotopic (exact) mass is 473 g/mol. The summed E-state index contributed by atoms with van der Waals surface area (Å²) in [7, 11) is 0. The summed E-state index contributed by atoms with van der Waals surface area (Å²) in [5.41, 5.74) is 0. The van der Waals surface area contributed by atoms with E-state index in [9.17, 15) is 4.79 Å². The number of rotatable bonds is 25. The lowest BCUT2D eigenvalue weighted by Crippen LogP contribution is -2.26. The van der Waals surface area contributed by atoms with Crippen molar-refractivity contribution in [1.29, 1.82) is 0 Å². The number of esters is 1. The molecule has 0 heterocycles. The maximum atomic E-state index is 12.2. The van der Waals surface area contributed by atoms with Gasteiger partial charge < -0.3 is 9.64 Å². The first kappa shape index (κ1) is 31.7. The molecular weight excluding hydrogens is 418 g/mol. The van der Waals surface area contributed by atoms with Crippen LogP contribution < -0.4 is 0 Å². The normalized spacial score (nSPS) is 11.6. The zero-order chi connectivity index (χ0) is 23.7. The summed E-state index contributed by atoms with van der Waals surface area (Å²) in [5, 5.41) is 0. The Labute approximate surface area is 206 Å². The molecule has 0 rings (SSSR count). The summed E-state index contributed by atoms with van der Waals surface area (Å²) in [6, 6.07) is 0. The average molecular weight is 474 g/mol. The van der Waals surface area contributed by atoms with E-state index in [0.29, 0.717) is 24.8 Å². The minimum Gasteiger partial charge on any atom is -0.465 e. The Balaban J connectivity index is 4.04. The van der Waals surface area contributed by atoms with Crippen LogP contribution in [0.15, 0.2) is 0 Å². The van der Waals surface area contributed by atoms with Crippen molar-refractivity contribution in [1.82, 2.24) is 4.90 Å². The highest BCUT2D eigenvalue weighted by Crippen LogP contribution is 2.20. The van der Waals surface area contributed by atoms with E-state index in [0.717, 1.165) is 38.9 Å². The van der Waals surface area contributed by atoms with Crippen LogP contribution in [0.5, 0.6) is 0 Å². The zero-order valence-corrected chi connectivity index (χ0v) is 22.7. The number of hydrogen-bond acceptors (Lipinski definition) is 3. The quantitative estimate of drug-likeness (QED) is 0.0753. The molecular formula is C28H56ClNO2. The molecule has 0 spiro atoms. The van der Waals surface area contributed by atoms with Gasteiger partial charge in [-0.25, -0.2) is 0 Å². The molecule has 0 aromatic heterocycles. The van der Waals surface area contributed by atoms with E-state index in [1.54, 1.807) is 0 Å². The zero-order valence-electron chi connectivity index (χ0n) is 22.0. The molecule has 0 saturated carbocycles. The second kappa shape index (κ2) is 25.3. The molecule has 0 radical (unpaired) electrons. The van der Waals surface area contributed by atoms with E-state index in [1.165, 1.54) is 89.9 Å². The molecule has 0 aromatic rings. The first-order chi connectivity index (χ1) is 15.7. The highest BCUT2D eigenvalue weighted by atomic mass is 35.5. The number of nitrogens with zero attached hydrogens (tertiary/aromatic N) is 1. The van der Waals surface area contributed by atoms with Gasteiger partial charge in [-0.2, -0.15) is 0 Å². The van der Waals surface area contributed by atoms with Crippen molar-refractivity contribution in [3.63, 3.8) is 0 Å². The predicted molar refractivity (Wildman–Crippen MR) is 142 cm³/mol. The number of halogens is 1. The van der Waals surface area contributed by atoms with Crippen LogP contribution in [0, 0.1) is 5.92 Å². The van der Waals surface area contributed by atoms with Gasteiger partial charge in [-0.1, -0.05) is 104 Å². The van der Waals surface area contributed by atoms with E-state index in [4.69, 9.17) is 16.3 Å². The minimum absolute atomic E-state index is 0.00833. The fourth-order valence-corrected chi connectivity index (χ4v) is 4.59. The highest BCUT2D eigenvalue weighted by molar-refractivity contribution is 6.18. The Bertz CT molecular complexity index is 376. The van der Waals surface area contributed by atoms with Crippen LogP contribution in [0.4, 0.5) is 0 Å². The van der Waals surface area contributed by atoms with Crippen molar-refractivity contribution in [3.8, 4) is 0 Å². The van der Waals surface area contributed by atoms with Gasteiger partial charge in [-0.3, -0.25) is 4.79 Å². The topological polar surface area (TPSA) is 29.5 Å². The number of alkyl halides is 1. The molecule has 4 heteroatoms. The van der Waals surface area contributed by atoms with Crippen molar-refractivity contribution >= 4 is 17.6 Å². The van der Waals surface area contributed by atoms with Gasteiger partial charge in [0.1, 0.15) is 0 Å². The van der Waals surface area contributed by atoms with Gasteiger partial charge in [0.05, 0.1) is 6.61 Å².